The first-order valence-electron chi connectivity index (χ1n) is 8.12. The van der Waals surface area contributed by atoms with Crippen LogP contribution in [-0.2, 0) is 9.47 Å². The van der Waals surface area contributed by atoms with Crippen LogP contribution in [0.25, 0.3) is 0 Å². The Morgan fingerprint density at radius 1 is 1.14 bits per heavy atom. The number of carbonyl (C=O) groups is 1. The summed E-state index contributed by atoms with van der Waals surface area (Å²) in [6.07, 6.45) is 4.26. The molecule has 2 rings (SSSR count). The van der Waals surface area contributed by atoms with E-state index in [1.54, 1.807) is 0 Å². The number of likely N-dealkylation sites (tertiary alicyclic amines) is 2. The first-order chi connectivity index (χ1) is 10.2. The van der Waals surface area contributed by atoms with Gasteiger partial charge in [-0.25, -0.2) is 4.79 Å². The molecule has 0 bridgehead atoms. The Bertz CT molecular complexity index is 311. The van der Waals surface area contributed by atoms with Crippen LogP contribution in [-0.4, -0.2) is 79.1 Å². The number of piperidine rings is 2. The molecule has 0 saturated carbocycles. The van der Waals surface area contributed by atoms with Gasteiger partial charge in [0.25, 0.3) is 0 Å². The van der Waals surface area contributed by atoms with Crippen LogP contribution in [0.2, 0.25) is 0 Å². The zero-order valence-electron chi connectivity index (χ0n) is 13.0. The summed E-state index contributed by atoms with van der Waals surface area (Å²) in [4.78, 5) is 16.0. The number of aliphatic hydroxyl groups is 1. The standard InChI is InChI=1S/C15H28N2O4/c1-2-20-15(19)17-7-3-13(4-8-17)16-9-5-14(6-10-16)21-12-11-18/h13-14,18H,2-12H2,1H3. The lowest BCUT2D eigenvalue weighted by Gasteiger charge is -2.41. The molecule has 0 spiro atoms. The van der Waals surface area contributed by atoms with Crippen molar-refractivity contribution >= 4 is 6.09 Å². The lowest BCUT2D eigenvalue weighted by molar-refractivity contribution is -0.0209. The number of ether oxygens (including phenoxy) is 2. The van der Waals surface area contributed by atoms with Crippen LogP contribution in [0, 0.1) is 0 Å². The Labute approximate surface area is 127 Å². The van der Waals surface area contributed by atoms with Crippen molar-refractivity contribution in [1.29, 1.82) is 0 Å². The van der Waals surface area contributed by atoms with E-state index in [9.17, 15) is 4.79 Å². The third-order valence-corrected chi connectivity index (χ3v) is 4.43. The number of hydrogen-bond donors (Lipinski definition) is 1. The van der Waals surface area contributed by atoms with Crippen LogP contribution in [0.3, 0.4) is 0 Å². The van der Waals surface area contributed by atoms with Gasteiger partial charge in [-0.2, -0.15) is 0 Å². The van der Waals surface area contributed by atoms with E-state index in [0.29, 0.717) is 25.4 Å². The summed E-state index contributed by atoms with van der Waals surface area (Å²) in [5, 5.41) is 8.78. The lowest BCUT2D eigenvalue weighted by Crippen LogP contribution is -2.49. The van der Waals surface area contributed by atoms with Crippen LogP contribution < -0.4 is 0 Å². The normalized spacial score (nSPS) is 22.5. The van der Waals surface area contributed by atoms with Gasteiger partial charge < -0.3 is 24.4 Å². The fraction of sp³-hybridized carbons (Fsp3) is 0.933. The number of rotatable bonds is 5. The molecular formula is C15H28N2O4. The minimum absolute atomic E-state index is 0.104. The van der Waals surface area contributed by atoms with E-state index in [1.807, 2.05) is 11.8 Å². The van der Waals surface area contributed by atoms with E-state index in [-0.39, 0.29) is 12.7 Å². The minimum Gasteiger partial charge on any atom is -0.450 e. The van der Waals surface area contributed by atoms with Crippen molar-refractivity contribution in [2.75, 3.05) is 46.0 Å². The summed E-state index contributed by atoms with van der Waals surface area (Å²) in [6, 6.07) is 0.578. The molecule has 2 heterocycles. The zero-order chi connectivity index (χ0) is 15.1. The minimum atomic E-state index is -0.174. The molecule has 0 aliphatic carbocycles. The predicted octanol–water partition coefficient (Wildman–Crippen LogP) is 1.08. The molecule has 122 valence electrons. The van der Waals surface area contributed by atoms with Gasteiger partial charge in [0, 0.05) is 32.2 Å². The Kier molecular flexibility index (Phi) is 6.73. The van der Waals surface area contributed by atoms with Crippen molar-refractivity contribution in [1.82, 2.24) is 9.80 Å². The maximum absolute atomic E-state index is 11.7. The molecule has 0 atom stereocenters. The van der Waals surface area contributed by atoms with Crippen LogP contribution in [0.15, 0.2) is 0 Å². The second-order valence-electron chi connectivity index (χ2n) is 5.75. The fourth-order valence-electron chi connectivity index (χ4n) is 3.26. The molecule has 2 aliphatic heterocycles. The quantitative estimate of drug-likeness (QED) is 0.823. The Balaban J connectivity index is 1.68. The van der Waals surface area contributed by atoms with Crippen molar-refractivity contribution in [3.63, 3.8) is 0 Å². The summed E-state index contributed by atoms with van der Waals surface area (Å²) < 4.78 is 10.6. The fourth-order valence-corrected chi connectivity index (χ4v) is 3.26. The van der Waals surface area contributed by atoms with Crippen molar-refractivity contribution in [3.8, 4) is 0 Å². The van der Waals surface area contributed by atoms with Crippen LogP contribution in [0.1, 0.15) is 32.6 Å². The van der Waals surface area contributed by atoms with E-state index in [0.717, 1.165) is 51.9 Å². The van der Waals surface area contributed by atoms with Gasteiger partial charge in [-0.3, -0.25) is 0 Å². The smallest absolute Gasteiger partial charge is 0.409 e. The highest BCUT2D eigenvalue weighted by Crippen LogP contribution is 2.22. The SMILES string of the molecule is CCOC(=O)N1CCC(N2CCC(OCCO)CC2)CC1. The van der Waals surface area contributed by atoms with E-state index < -0.39 is 0 Å². The van der Waals surface area contributed by atoms with Crippen molar-refractivity contribution in [2.24, 2.45) is 0 Å². The predicted molar refractivity (Wildman–Crippen MR) is 79.2 cm³/mol. The molecule has 21 heavy (non-hydrogen) atoms. The van der Waals surface area contributed by atoms with Crippen molar-refractivity contribution < 1.29 is 19.4 Å². The summed E-state index contributed by atoms with van der Waals surface area (Å²) in [5.41, 5.74) is 0. The largest absolute Gasteiger partial charge is 0.450 e. The van der Waals surface area contributed by atoms with E-state index >= 15 is 0 Å². The molecule has 1 amide bonds. The van der Waals surface area contributed by atoms with Gasteiger partial charge in [0.1, 0.15) is 0 Å². The van der Waals surface area contributed by atoms with Gasteiger partial charge >= 0.3 is 6.09 Å². The van der Waals surface area contributed by atoms with Gasteiger partial charge in [-0.05, 0) is 32.6 Å². The summed E-state index contributed by atoms with van der Waals surface area (Å²) >= 11 is 0. The summed E-state index contributed by atoms with van der Waals surface area (Å²) in [6.45, 7) is 6.54. The molecule has 0 unspecified atom stereocenters. The van der Waals surface area contributed by atoms with E-state index in [4.69, 9.17) is 14.6 Å². The highest BCUT2D eigenvalue weighted by atomic mass is 16.6. The number of hydrogen-bond acceptors (Lipinski definition) is 5. The molecule has 0 aromatic rings. The second kappa shape index (κ2) is 8.56. The van der Waals surface area contributed by atoms with Gasteiger partial charge in [0.15, 0.2) is 0 Å². The Morgan fingerprint density at radius 2 is 1.81 bits per heavy atom. The molecule has 6 heteroatoms. The van der Waals surface area contributed by atoms with Crippen LogP contribution in [0.5, 0.6) is 0 Å². The molecule has 0 radical (unpaired) electrons. The Hall–Kier alpha value is -0.850. The topological polar surface area (TPSA) is 62.2 Å². The van der Waals surface area contributed by atoms with Gasteiger partial charge in [-0.1, -0.05) is 0 Å². The van der Waals surface area contributed by atoms with Crippen LogP contribution >= 0.6 is 0 Å². The number of aliphatic hydroxyl groups excluding tert-OH is 1. The average molecular weight is 300 g/mol. The van der Waals surface area contributed by atoms with Crippen molar-refractivity contribution in [2.45, 2.75) is 44.8 Å². The summed E-state index contributed by atoms with van der Waals surface area (Å²) in [5.74, 6) is 0. The molecular weight excluding hydrogens is 272 g/mol. The Morgan fingerprint density at radius 3 is 2.38 bits per heavy atom. The molecule has 2 saturated heterocycles. The average Bonchev–Trinajstić information content (AvgIpc) is 2.54. The third-order valence-electron chi connectivity index (χ3n) is 4.43. The first-order valence-corrected chi connectivity index (χ1v) is 8.12. The molecule has 2 fully saturated rings. The first kappa shape index (κ1) is 16.5. The number of nitrogens with zero attached hydrogens (tertiary/aromatic N) is 2. The molecule has 6 nitrogen and oxygen atoms in total. The molecule has 0 aromatic carbocycles. The monoisotopic (exact) mass is 300 g/mol. The van der Waals surface area contributed by atoms with Crippen LogP contribution in [0.4, 0.5) is 4.79 Å². The number of amides is 1. The van der Waals surface area contributed by atoms with Gasteiger partial charge in [0.05, 0.1) is 25.9 Å². The molecule has 1 N–H and O–H groups in total. The molecule has 0 aromatic heterocycles. The summed E-state index contributed by atoms with van der Waals surface area (Å²) in [7, 11) is 0. The van der Waals surface area contributed by atoms with Crippen molar-refractivity contribution in [3.05, 3.63) is 0 Å². The maximum Gasteiger partial charge on any atom is 0.409 e. The third kappa shape index (κ3) is 4.83. The second-order valence-corrected chi connectivity index (χ2v) is 5.75. The zero-order valence-corrected chi connectivity index (χ0v) is 13.0. The van der Waals surface area contributed by atoms with E-state index in [1.165, 1.54) is 0 Å². The number of carbonyl (C=O) groups excluding carboxylic acids is 1. The lowest BCUT2D eigenvalue weighted by atomic mass is 9.99. The maximum atomic E-state index is 11.7. The van der Waals surface area contributed by atoms with Gasteiger partial charge in [-0.15, -0.1) is 0 Å². The highest BCUT2D eigenvalue weighted by molar-refractivity contribution is 5.67. The van der Waals surface area contributed by atoms with E-state index in [2.05, 4.69) is 4.90 Å². The molecule has 2 aliphatic rings. The van der Waals surface area contributed by atoms with Gasteiger partial charge in [0.2, 0.25) is 0 Å². The highest BCUT2D eigenvalue weighted by Gasteiger charge is 2.30.